The summed E-state index contributed by atoms with van der Waals surface area (Å²) in [5, 5.41) is 8.75. The van der Waals surface area contributed by atoms with Gasteiger partial charge in [0.15, 0.2) is 0 Å². The maximum Gasteiger partial charge on any atom is 0.335 e. The molecular weight excluding hydrogens is 254 g/mol. The minimum absolute atomic E-state index is 0.0696. The van der Waals surface area contributed by atoms with Crippen LogP contribution in [0.1, 0.15) is 30.6 Å². The van der Waals surface area contributed by atoms with Gasteiger partial charge in [-0.05, 0) is 37.6 Å². The molecule has 1 N–H and O–H groups in total. The van der Waals surface area contributed by atoms with Crippen LogP contribution >= 0.6 is 0 Å². The number of hydrogen-bond acceptors (Lipinski definition) is 3. The number of carboxylic acids is 1. The Balaban J connectivity index is 3.09. The Labute approximate surface area is 107 Å². The van der Waals surface area contributed by atoms with Gasteiger partial charge in [-0.3, -0.25) is 0 Å². The van der Waals surface area contributed by atoms with Crippen LogP contribution in [0.3, 0.4) is 0 Å². The van der Waals surface area contributed by atoms with Crippen molar-refractivity contribution in [3.8, 4) is 0 Å². The Morgan fingerprint density at radius 2 is 1.83 bits per heavy atom. The van der Waals surface area contributed by atoms with Crippen LogP contribution in [0.4, 0.5) is 0 Å². The van der Waals surface area contributed by atoms with Crippen molar-refractivity contribution in [1.29, 1.82) is 0 Å². The average molecular weight is 271 g/mol. The van der Waals surface area contributed by atoms with Crippen LogP contribution in [-0.4, -0.2) is 36.9 Å². The molecule has 0 heterocycles. The van der Waals surface area contributed by atoms with Gasteiger partial charge in [0.05, 0.1) is 10.5 Å². The zero-order chi connectivity index (χ0) is 13.9. The fourth-order valence-corrected chi connectivity index (χ4v) is 2.87. The van der Waals surface area contributed by atoms with Crippen molar-refractivity contribution < 1.29 is 18.3 Å². The van der Waals surface area contributed by atoms with Gasteiger partial charge in [0.25, 0.3) is 0 Å². The van der Waals surface area contributed by atoms with Crippen molar-refractivity contribution in [1.82, 2.24) is 4.31 Å². The Morgan fingerprint density at radius 3 is 2.22 bits per heavy atom. The number of sulfonamides is 1. The minimum Gasteiger partial charge on any atom is -0.478 e. The SMILES string of the molecule is CCC(C)N(C)S(=O)(=O)c1ccc(C(=O)O)cc1. The number of hydrogen-bond donors (Lipinski definition) is 1. The van der Waals surface area contributed by atoms with Crippen molar-refractivity contribution in [3.63, 3.8) is 0 Å². The van der Waals surface area contributed by atoms with E-state index in [-0.39, 0.29) is 16.5 Å². The van der Waals surface area contributed by atoms with E-state index in [2.05, 4.69) is 0 Å². The highest BCUT2D eigenvalue weighted by atomic mass is 32.2. The standard InChI is InChI=1S/C12H17NO4S/c1-4-9(2)13(3)18(16,17)11-7-5-10(6-8-11)12(14)15/h5-9H,4H2,1-3H3,(H,14,15). The molecule has 0 spiro atoms. The Bertz CT molecular complexity index is 522. The monoisotopic (exact) mass is 271 g/mol. The molecule has 18 heavy (non-hydrogen) atoms. The number of nitrogens with zero attached hydrogens (tertiary/aromatic N) is 1. The summed E-state index contributed by atoms with van der Waals surface area (Å²) in [5.41, 5.74) is 0.0696. The summed E-state index contributed by atoms with van der Waals surface area (Å²) in [6.07, 6.45) is 0.711. The normalized spacial score (nSPS) is 13.6. The van der Waals surface area contributed by atoms with Gasteiger partial charge in [-0.2, -0.15) is 4.31 Å². The molecule has 0 saturated carbocycles. The maximum absolute atomic E-state index is 12.2. The lowest BCUT2D eigenvalue weighted by atomic mass is 10.2. The highest BCUT2D eigenvalue weighted by Crippen LogP contribution is 2.18. The van der Waals surface area contributed by atoms with Crippen LogP contribution in [0, 0.1) is 0 Å². The van der Waals surface area contributed by atoms with Crippen molar-refractivity contribution in [2.45, 2.75) is 31.2 Å². The number of aromatic carboxylic acids is 1. The second kappa shape index (κ2) is 5.49. The van der Waals surface area contributed by atoms with Gasteiger partial charge in [-0.1, -0.05) is 6.92 Å². The van der Waals surface area contributed by atoms with Crippen LogP contribution in [0.5, 0.6) is 0 Å². The number of carbonyl (C=O) groups is 1. The number of rotatable bonds is 5. The van der Waals surface area contributed by atoms with Crippen LogP contribution in [0.25, 0.3) is 0 Å². The molecular formula is C12H17NO4S. The third kappa shape index (κ3) is 2.88. The lowest BCUT2D eigenvalue weighted by Gasteiger charge is -2.23. The first-order valence-corrected chi connectivity index (χ1v) is 7.06. The summed E-state index contributed by atoms with van der Waals surface area (Å²) >= 11 is 0. The van der Waals surface area contributed by atoms with E-state index in [9.17, 15) is 13.2 Å². The second-order valence-corrected chi connectivity index (χ2v) is 6.11. The lowest BCUT2D eigenvalue weighted by molar-refractivity contribution is 0.0696. The van der Waals surface area contributed by atoms with Crippen LogP contribution in [0.2, 0.25) is 0 Å². The zero-order valence-electron chi connectivity index (χ0n) is 10.6. The molecule has 0 aliphatic carbocycles. The van der Waals surface area contributed by atoms with Gasteiger partial charge in [-0.15, -0.1) is 0 Å². The van der Waals surface area contributed by atoms with Gasteiger partial charge in [0.1, 0.15) is 0 Å². The Kier molecular flexibility index (Phi) is 4.48. The summed E-state index contributed by atoms with van der Waals surface area (Å²) in [7, 11) is -2.03. The predicted molar refractivity (Wildman–Crippen MR) is 68.1 cm³/mol. The molecule has 0 aromatic heterocycles. The zero-order valence-corrected chi connectivity index (χ0v) is 11.4. The van der Waals surface area contributed by atoms with Crippen LogP contribution in [-0.2, 0) is 10.0 Å². The Morgan fingerprint density at radius 1 is 1.33 bits per heavy atom. The van der Waals surface area contributed by atoms with E-state index in [0.29, 0.717) is 6.42 Å². The second-order valence-electron chi connectivity index (χ2n) is 4.11. The van der Waals surface area contributed by atoms with Crippen molar-refractivity contribution in [2.75, 3.05) is 7.05 Å². The first kappa shape index (κ1) is 14.7. The molecule has 0 aliphatic rings. The van der Waals surface area contributed by atoms with E-state index in [1.807, 2.05) is 13.8 Å². The molecule has 1 aromatic carbocycles. The summed E-state index contributed by atoms with van der Waals surface area (Å²) in [6.45, 7) is 3.73. The van der Waals surface area contributed by atoms with Crippen LogP contribution in [0.15, 0.2) is 29.2 Å². The third-order valence-electron chi connectivity index (χ3n) is 2.99. The molecule has 0 amide bonds. The van der Waals surface area contributed by atoms with E-state index in [0.717, 1.165) is 0 Å². The molecule has 6 heteroatoms. The Hall–Kier alpha value is -1.40. The number of carboxylic acid groups (broad SMARTS) is 1. The fraction of sp³-hybridized carbons (Fsp3) is 0.417. The van der Waals surface area contributed by atoms with Gasteiger partial charge in [0, 0.05) is 13.1 Å². The van der Waals surface area contributed by atoms with Gasteiger partial charge < -0.3 is 5.11 Å². The molecule has 0 bridgehead atoms. The number of benzene rings is 1. The molecule has 0 radical (unpaired) electrons. The molecule has 0 saturated heterocycles. The molecule has 1 unspecified atom stereocenters. The van der Waals surface area contributed by atoms with Gasteiger partial charge in [0.2, 0.25) is 10.0 Å². The molecule has 0 aliphatic heterocycles. The molecule has 1 rings (SSSR count). The highest BCUT2D eigenvalue weighted by molar-refractivity contribution is 7.89. The minimum atomic E-state index is -3.55. The summed E-state index contributed by atoms with van der Waals surface area (Å²) < 4.78 is 25.7. The summed E-state index contributed by atoms with van der Waals surface area (Å²) in [6, 6.07) is 5.11. The average Bonchev–Trinajstić information content (AvgIpc) is 2.36. The lowest BCUT2D eigenvalue weighted by Crippen LogP contribution is -2.34. The quantitative estimate of drug-likeness (QED) is 0.886. The van der Waals surface area contributed by atoms with E-state index < -0.39 is 16.0 Å². The van der Waals surface area contributed by atoms with Crippen LogP contribution < -0.4 is 0 Å². The van der Waals surface area contributed by atoms with E-state index in [1.165, 1.54) is 35.6 Å². The summed E-state index contributed by atoms with van der Waals surface area (Å²) in [5.74, 6) is -1.07. The van der Waals surface area contributed by atoms with Crippen molar-refractivity contribution in [3.05, 3.63) is 29.8 Å². The molecule has 5 nitrogen and oxygen atoms in total. The van der Waals surface area contributed by atoms with E-state index >= 15 is 0 Å². The smallest absolute Gasteiger partial charge is 0.335 e. The van der Waals surface area contributed by atoms with Gasteiger partial charge in [-0.25, -0.2) is 13.2 Å². The molecule has 1 aromatic rings. The largest absolute Gasteiger partial charge is 0.478 e. The first-order chi connectivity index (χ1) is 8.30. The van der Waals surface area contributed by atoms with E-state index in [1.54, 1.807) is 0 Å². The van der Waals surface area contributed by atoms with E-state index in [4.69, 9.17) is 5.11 Å². The summed E-state index contributed by atoms with van der Waals surface area (Å²) in [4.78, 5) is 10.8. The predicted octanol–water partition coefficient (Wildman–Crippen LogP) is 1.80. The maximum atomic E-state index is 12.2. The first-order valence-electron chi connectivity index (χ1n) is 5.62. The van der Waals surface area contributed by atoms with Crippen molar-refractivity contribution >= 4 is 16.0 Å². The third-order valence-corrected chi connectivity index (χ3v) is 4.98. The molecule has 1 atom stereocenters. The molecule has 100 valence electrons. The fourth-order valence-electron chi connectivity index (χ4n) is 1.43. The highest BCUT2D eigenvalue weighted by Gasteiger charge is 2.24. The topological polar surface area (TPSA) is 74.7 Å². The molecule has 0 fully saturated rings. The van der Waals surface area contributed by atoms with Gasteiger partial charge >= 0.3 is 5.97 Å². The van der Waals surface area contributed by atoms with Crippen molar-refractivity contribution in [2.24, 2.45) is 0 Å².